The van der Waals surface area contributed by atoms with E-state index >= 15 is 0 Å². The van der Waals surface area contributed by atoms with Crippen LogP contribution in [0.15, 0.2) is 42.5 Å². The van der Waals surface area contributed by atoms with E-state index in [4.69, 9.17) is 9.47 Å². The quantitative estimate of drug-likeness (QED) is 0.479. The van der Waals surface area contributed by atoms with Gasteiger partial charge in [-0.1, -0.05) is 12.6 Å². The van der Waals surface area contributed by atoms with Crippen LogP contribution in [-0.2, 0) is 4.79 Å². The van der Waals surface area contributed by atoms with Crippen LogP contribution in [-0.4, -0.2) is 13.1 Å². The number of ether oxygens (including phenoxy) is 2. The zero-order valence-electron chi connectivity index (χ0n) is 12.5. The first-order valence-electron chi connectivity index (χ1n) is 6.54. The van der Waals surface area contributed by atoms with Gasteiger partial charge >= 0.3 is 5.97 Å². The lowest BCUT2D eigenvalue weighted by molar-refractivity contribution is -0.130. The molecule has 0 atom stereocenters. The zero-order chi connectivity index (χ0) is 17.1. The summed E-state index contributed by atoms with van der Waals surface area (Å²) in [6, 6.07) is 6.00. The minimum atomic E-state index is -1.34. The Morgan fingerprint density at radius 3 is 2.26 bits per heavy atom. The van der Waals surface area contributed by atoms with Crippen molar-refractivity contribution < 1.29 is 27.4 Å². The molecule has 0 unspecified atom stereocenters. The third-order valence-corrected chi connectivity index (χ3v) is 3.06. The maximum Gasteiger partial charge on any atom is 0.338 e. The van der Waals surface area contributed by atoms with E-state index < -0.39 is 29.2 Å². The summed E-state index contributed by atoms with van der Waals surface area (Å²) >= 11 is 0. The Labute approximate surface area is 131 Å². The van der Waals surface area contributed by atoms with Crippen molar-refractivity contribution in [2.24, 2.45) is 0 Å². The first kappa shape index (κ1) is 16.6. The van der Waals surface area contributed by atoms with Crippen LogP contribution in [0.1, 0.15) is 6.92 Å². The molecule has 0 aromatic heterocycles. The SMILES string of the molecule is C=C(C)C(=O)Oc1ccc(-c2ccc(OC)c(F)c2)c(F)c1F. The van der Waals surface area contributed by atoms with Gasteiger partial charge in [0.25, 0.3) is 0 Å². The number of esters is 1. The summed E-state index contributed by atoms with van der Waals surface area (Å²) in [6.07, 6.45) is 0. The number of methoxy groups -OCH3 is 1. The van der Waals surface area contributed by atoms with Crippen LogP contribution in [0.5, 0.6) is 11.5 Å². The van der Waals surface area contributed by atoms with Crippen molar-refractivity contribution in [1.82, 2.24) is 0 Å². The van der Waals surface area contributed by atoms with E-state index in [1.807, 2.05) is 0 Å². The minimum absolute atomic E-state index is 0.0124. The van der Waals surface area contributed by atoms with E-state index in [0.717, 1.165) is 12.1 Å². The van der Waals surface area contributed by atoms with Crippen molar-refractivity contribution >= 4 is 5.97 Å². The fourth-order valence-corrected chi connectivity index (χ4v) is 1.85. The second-order valence-corrected chi connectivity index (χ2v) is 4.76. The fraction of sp³-hybridized carbons (Fsp3) is 0.118. The third-order valence-electron chi connectivity index (χ3n) is 3.06. The first-order valence-corrected chi connectivity index (χ1v) is 6.54. The normalized spacial score (nSPS) is 10.3. The molecule has 0 radical (unpaired) electrons. The van der Waals surface area contributed by atoms with Gasteiger partial charge < -0.3 is 9.47 Å². The lowest BCUT2D eigenvalue weighted by atomic mass is 10.0. The van der Waals surface area contributed by atoms with Gasteiger partial charge in [0.05, 0.1) is 7.11 Å². The highest BCUT2D eigenvalue weighted by Crippen LogP contribution is 2.32. The van der Waals surface area contributed by atoms with E-state index in [1.54, 1.807) is 0 Å². The van der Waals surface area contributed by atoms with Gasteiger partial charge in [-0.3, -0.25) is 0 Å². The Balaban J connectivity index is 2.42. The highest BCUT2D eigenvalue weighted by Gasteiger charge is 2.19. The van der Waals surface area contributed by atoms with Crippen molar-refractivity contribution in [3.63, 3.8) is 0 Å². The van der Waals surface area contributed by atoms with Gasteiger partial charge in [0, 0.05) is 11.1 Å². The molecule has 0 heterocycles. The van der Waals surface area contributed by atoms with Crippen molar-refractivity contribution in [2.45, 2.75) is 6.92 Å². The third kappa shape index (κ3) is 3.36. The molecular formula is C17H13F3O3. The van der Waals surface area contributed by atoms with Crippen molar-refractivity contribution in [2.75, 3.05) is 7.11 Å². The Hall–Kier alpha value is -2.76. The molecule has 0 saturated carbocycles. The summed E-state index contributed by atoms with van der Waals surface area (Å²) in [5.74, 6) is -4.74. The summed E-state index contributed by atoms with van der Waals surface area (Å²) in [7, 11) is 1.29. The number of carbonyl (C=O) groups is 1. The Morgan fingerprint density at radius 2 is 1.70 bits per heavy atom. The lowest BCUT2D eigenvalue weighted by Crippen LogP contribution is -2.10. The van der Waals surface area contributed by atoms with E-state index in [9.17, 15) is 18.0 Å². The van der Waals surface area contributed by atoms with Gasteiger partial charge in [0.15, 0.2) is 23.1 Å². The highest BCUT2D eigenvalue weighted by atomic mass is 19.2. The summed E-state index contributed by atoms with van der Waals surface area (Å²) < 4.78 is 51.3. The smallest absolute Gasteiger partial charge is 0.338 e. The molecule has 0 aliphatic carbocycles. The first-order chi connectivity index (χ1) is 10.8. The predicted octanol–water partition coefficient (Wildman–Crippen LogP) is 4.26. The summed E-state index contributed by atoms with van der Waals surface area (Å²) in [5, 5.41) is 0. The van der Waals surface area contributed by atoms with E-state index in [1.165, 1.54) is 32.2 Å². The van der Waals surface area contributed by atoms with Gasteiger partial charge in [-0.25, -0.2) is 13.6 Å². The second kappa shape index (κ2) is 6.56. The minimum Gasteiger partial charge on any atom is -0.494 e. The summed E-state index contributed by atoms with van der Waals surface area (Å²) in [5.41, 5.74) is 0.00256. The molecule has 0 fully saturated rings. The maximum absolute atomic E-state index is 14.2. The van der Waals surface area contributed by atoms with Gasteiger partial charge in [-0.2, -0.15) is 4.39 Å². The molecule has 0 bridgehead atoms. The van der Waals surface area contributed by atoms with Crippen LogP contribution < -0.4 is 9.47 Å². The topological polar surface area (TPSA) is 35.5 Å². The average Bonchev–Trinajstić information content (AvgIpc) is 2.51. The number of hydrogen-bond acceptors (Lipinski definition) is 3. The van der Waals surface area contributed by atoms with E-state index in [2.05, 4.69) is 6.58 Å². The lowest BCUT2D eigenvalue weighted by Gasteiger charge is -2.10. The largest absolute Gasteiger partial charge is 0.494 e. The van der Waals surface area contributed by atoms with Crippen LogP contribution >= 0.6 is 0 Å². The molecule has 3 nitrogen and oxygen atoms in total. The predicted molar refractivity (Wildman–Crippen MR) is 78.8 cm³/mol. The summed E-state index contributed by atoms with van der Waals surface area (Å²) in [4.78, 5) is 11.4. The Kier molecular flexibility index (Phi) is 4.74. The molecule has 0 N–H and O–H groups in total. The van der Waals surface area contributed by atoms with Gasteiger partial charge in [-0.05, 0) is 36.8 Å². The van der Waals surface area contributed by atoms with Gasteiger partial charge in [0.1, 0.15) is 0 Å². The van der Waals surface area contributed by atoms with Crippen LogP contribution in [0.4, 0.5) is 13.2 Å². The number of carbonyl (C=O) groups excluding carboxylic acids is 1. The number of rotatable bonds is 4. The molecule has 23 heavy (non-hydrogen) atoms. The molecule has 0 saturated heterocycles. The fourth-order valence-electron chi connectivity index (χ4n) is 1.85. The standard InChI is InChI=1S/C17H13F3O3/c1-9(2)17(21)23-14-7-5-11(15(19)16(14)20)10-4-6-13(22-3)12(18)8-10/h4-8H,1H2,2-3H3. The second-order valence-electron chi connectivity index (χ2n) is 4.76. The molecule has 0 amide bonds. The molecule has 2 aromatic rings. The molecule has 6 heteroatoms. The monoisotopic (exact) mass is 322 g/mol. The molecule has 120 valence electrons. The van der Waals surface area contributed by atoms with Gasteiger partial charge in [0.2, 0.25) is 5.82 Å². The Bertz CT molecular complexity index is 785. The van der Waals surface area contributed by atoms with Crippen molar-refractivity contribution in [3.8, 4) is 22.6 Å². The van der Waals surface area contributed by atoms with Crippen LogP contribution in [0.2, 0.25) is 0 Å². The highest BCUT2D eigenvalue weighted by molar-refractivity contribution is 5.88. The van der Waals surface area contributed by atoms with Crippen LogP contribution in [0.25, 0.3) is 11.1 Å². The molecule has 0 aliphatic heterocycles. The van der Waals surface area contributed by atoms with Crippen molar-refractivity contribution in [3.05, 3.63) is 59.9 Å². The Morgan fingerprint density at radius 1 is 1.04 bits per heavy atom. The summed E-state index contributed by atoms with van der Waals surface area (Å²) in [6.45, 7) is 4.73. The maximum atomic E-state index is 14.2. The van der Waals surface area contributed by atoms with Crippen LogP contribution in [0.3, 0.4) is 0 Å². The molecule has 2 aromatic carbocycles. The number of hydrogen-bond donors (Lipinski definition) is 0. The van der Waals surface area contributed by atoms with Gasteiger partial charge in [-0.15, -0.1) is 0 Å². The van der Waals surface area contributed by atoms with Crippen molar-refractivity contribution in [1.29, 1.82) is 0 Å². The van der Waals surface area contributed by atoms with E-state index in [-0.39, 0.29) is 22.4 Å². The number of benzene rings is 2. The molecular weight excluding hydrogens is 309 g/mol. The molecule has 0 spiro atoms. The molecule has 2 rings (SSSR count). The average molecular weight is 322 g/mol. The van der Waals surface area contributed by atoms with E-state index in [0.29, 0.717) is 0 Å². The number of halogens is 3. The molecule has 0 aliphatic rings. The zero-order valence-corrected chi connectivity index (χ0v) is 12.5. The van der Waals surface area contributed by atoms with Crippen LogP contribution in [0, 0.1) is 17.5 Å².